The zero-order valence-corrected chi connectivity index (χ0v) is 15.8. The van der Waals surface area contributed by atoms with Gasteiger partial charge in [0.1, 0.15) is 13.2 Å². The molecule has 1 N–H and O–H groups in total. The number of rotatable bonds is 4. The van der Waals surface area contributed by atoms with Crippen molar-refractivity contribution >= 4 is 27.3 Å². The van der Waals surface area contributed by atoms with Crippen molar-refractivity contribution in [2.45, 2.75) is 9.92 Å². The van der Waals surface area contributed by atoms with Gasteiger partial charge in [-0.15, -0.1) is 0 Å². The Morgan fingerprint density at radius 1 is 1.04 bits per heavy atom. The number of hydrogen-bond donors (Lipinski definition) is 1. The third kappa shape index (κ3) is 3.22. The van der Waals surface area contributed by atoms with Gasteiger partial charge in [-0.1, -0.05) is 11.6 Å². The van der Waals surface area contributed by atoms with E-state index in [2.05, 4.69) is 10.3 Å². The van der Waals surface area contributed by atoms with Crippen LogP contribution >= 0.6 is 11.6 Å². The molecule has 0 atom stereocenters. The summed E-state index contributed by atoms with van der Waals surface area (Å²) in [6.45, 7) is 0.791. The predicted octanol–water partition coefficient (Wildman–Crippen LogP) is 3.64. The molecule has 0 spiro atoms. The number of oxazole rings is 1. The Bertz CT molecular complexity index is 1090. The van der Waals surface area contributed by atoms with E-state index in [1.165, 1.54) is 12.1 Å². The highest BCUT2D eigenvalue weighted by molar-refractivity contribution is 7.91. The van der Waals surface area contributed by atoms with Crippen molar-refractivity contribution in [3.63, 3.8) is 0 Å². The molecule has 0 saturated heterocycles. The number of nitrogens with one attached hydrogen (secondary N) is 1. The molecule has 140 valence electrons. The summed E-state index contributed by atoms with van der Waals surface area (Å²) in [4.78, 5) is 4.25. The van der Waals surface area contributed by atoms with Crippen LogP contribution < -0.4 is 14.8 Å². The van der Waals surface area contributed by atoms with Gasteiger partial charge in [-0.25, -0.2) is 8.42 Å². The third-order valence-electron chi connectivity index (χ3n) is 3.99. The molecule has 0 fully saturated rings. The van der Waals surface area contributed by atoms with Crippen LogP contribution in [0.2, 0.25) is 5.02 Å². The van der Waals surface area contributed by atoms with E-state index < -0.39 is 9.84 Å². The van der Waals surface area contributed by atoms with E-state index in [9.17, 15) is 8.42 Å². The summed E-state index contributed by atoms with van der Waals surface area (Å²) in [5, 5.41) is 3.10. The van der Waals surface area contributed by atoms with Gasteiger partial charge in [-0.3, -0.25) is 0 Å². The molecule has 2 heterocycles. The molecule has 27 heavy (non-hydrogen) atoms. The monoisotopic (exact) mass is 406 g/mol. The molecule has 9 heteroatoms. The minimum absolute atomic E-state index is 0.0409. The van der Waals surface area contributed by atoms with Crippen LogP contribution in [0, 0.1) is 0 Å². The van der Waals surface area contributed by atoms with E-state index in [0.29, 0.717) is 35.3 Å². The van der Waals surface area contributed by atoms with Gasteiger partial charge < -0.3 is 19.2 Å². The van der Waals surface area contributed by atoms with Crippen molar-refractivity contribution in [2.24, 2.45) is 0 Å². The van der Waals surface area contributed by atoms with Crippen molar-refractivity contribution in [2.75, 3.05) is 25.6 Å². The number of ether oxygens (including phenoxy) is 2. The molecule has 0 unspecified atom stereocenters. The maximum Gasteiger partial charge on any atom is 0.233 e. The minimum atomic E-state index is -3.94. The van der Waals surface area contributed by atoms with Crippen molar-refractivity contribution < 1.29 is 22.3 Å². The fraction of sp³-hybridized carbons (Fsp3) is 0.167. The van der Waals surface area contributed by atoms with Crippen LogP contribution in [0.5, 0.6) is 11.5 Å². The number of hydrogen-bond acceptors (Lipinski definition) is 7. The van der Waals surface area contributed by atoms with E-state index in [1.54, 1.807) is 37.4 Å². The zero-order valence-electron chi connectivity index (χ0n) is 14.2. The Morgan fingerprint density at radius 2 is 1.74 bits per heavy atom. The van der Waals surface area contributed by atoms with Crippen LogP contribution in [0.4, 0.5) is 5.88 Å². The predicted molar refractivity (Wildman–Crippen MR) is 99.4 cm³/mol. The molecule has 1 aliphatic heterocycles. The highest BCUT2D eigenvalue weighted by atomic mass is 35.5. The van der Waals surface area contributed by atoms with Gasteiger partial charge >= 0.3 is 0 Å². The average molecular weight is 407 g/mol. The molecule has 3 aromatic rings. The van der Waals surface area contributed by atoms with Gasteiger partial charge in [0.25, 0.3) is 0 Å². The van der Waals surface area contributed by atoms with Gasteiger partial charge in [-0.2, -0.15) is 4.98 Å². The Labute approximate surface area is 160 Å². The SMILES string of the molecule is CNc1oc(-c2ccc(Cl)cc2)nc1S(=O)(=O)c1ccc2c(c1)OCCO2. The molecule has 0 radical (unpaired) electrons. The highest BCUT2D eigenvalue weighted by Gasteiger charge is 2.29. The molecule has 4 rings (SSSR count). The lowest BCUT2D eigenvalue weighted by molar-refractivity contribution is 0.171. The Kier molecular flexibility index (Phi) is 4.45. The Balaban J connectivity index is 1.78. The topological polar surface area (TPSA) is 90.7 Å². The van der Waals surface area contributed by atoms with E-state index in [1.807, 2.05) is 0 Å². The van der Waals surface area contributed by atoms with Crippen LogP contribution in [0.25, 0.3) is 11.5 Å². The molecule has 2 aromatic carbocycles. The minimum Gasteiger partial charge on any atom is -0.486 e. The summed E-state index contributed by atoms with van der Waals surface area (Å²) in [5.41, 5.74) is 0.611. The third-order valence-corrected chi connectivity index (χ3v) is 5.91. The number of fused-ring (bicyclic) bond motifs is 1. The number of aromatic nitrogens is 1. The molecular formula is C18H15ClN2O5S. The Morgan fingerprint density at radius 3 is 2.44 bits per heavy atom. The number of benzene rings is 2. The molecule has 1 aliphatic rings. The van der Waals surface area contributed by atoms with Crippen LogP contribution in [-0.2, 0) is 9.84 Å². The number of anilines is 1. The highest BCUT2D eigenvalue weighted by Crippen LogP contribution is 2.37. The molecule has 0 amide bonds. The van der Waals surface area contributed by atoms with Gasteiger partial charge in [0, 0.05) is 23.7 Å². The summed E-state index contributed by atoms with van der Waals surface area (Å²) in [6.07, 6.45) is 0. The first-order valence-electron chi connectivity index (χ1n) is 8.08. The summed E-state index contributed by atoms with van der Waals surface area (Å²) in [7, 11) is -2.38. The first-order valence-corrected chi connectivity index (χ1v) is 9.94. The maximum absolute atomic E-state index is 13.1. The molecule has 1 aromatic heterocycles. The molecule has 0 bridgehead atoms. The Hall–Kier alpha value is -2.71. The first-order chi connectivity index (χ1) is 13.0. The normalized spacial score (nSPS) is 13.4. The second kappa shape index (κ2) is 6.79. The van der Waals surface area contributed by atoms with Gasteiger partial charge in [0.2, 0.25) is 26.6 Å². The van der Waals surface area contributed by atoms with E-state index in [-0.39, 0.29) is 21.7 Å². The van der Waals surface area contributed by atoms with Crippen molar-refractivity contribution in [1.82, 2.24) is 4.98 Å². The lowest BCUT2D eigenvalue weighted by Gasteiger charge is -2.18. The second-order valence-electron chi connectivity index (χ2n) is 5.72. The number of sulfone groups is 1. The number of halogens is 1. The van der Waals surface area contributed by atoms with Crippen LogP contribution in [-0.4, -0.2) is 33.7 Å². The van der Waals surface area contributed by atoms with Crippen molar-refractivity contribution in [3.05, 3.63) is 47.5 Å². The smallest absolute Gasteiger partial charge is 0.233 e. The second-order valence-corrected chi connectivity index (χ2v) is 8.02. The standard InChI is InChI=1S/C18H15ClN2O5S/c1-20-17-18(21-16(26-17)11-2-4-12(19)5-3-11)27(22,23)13-6-7-14-15(10-13)25-9-8-24-14/h2-7,10,20H,8-9H2,1H3. The van der Waals surface area contributed by atoms with Crippen LogP contribution in [0.3, 0.4) is 0 Å². The number of nitrogens with zero attached hydrogens (tertiary/aromatic N) is 1. The molecule has 0 aliphatic carbocycles. The van der Waals surface area contributed by atoms with E-state index >= 15 is 0 Å². The summed E-state index contributed by atoms with van der Waals surface area (Å²) < 4.78 is 42.8. The molecule has 0 saturated carbocycles. The lowest BCUT2D eigenvalue weighted by Crippen LogP contribution is -2.16. The lowest BCUT2D eigenvalue weighted by atomic mass is 10.2. The summed E-state index contributed by atoms with van der Waals surface area (Å²) >= 11 is 5.89. The summed E-state index contributed by atoms with van der Waals surface area (Å²) in [5.74, 6) is 1.12. The maximum atomic E-state index is 13.1. The molecule has 7 nitrogen and oxygen atoms in total. The zero-order chi connectivity index (χ0) is 19.0. The van der Waals surface area contributed by atoms with Crippen LogP contribution in [0.1, 0.15) is 0 Å². The van der Waals surface area contributed by atoms with E-state index in [0.717, 1.165) is 0 Å². The molecular weight excluding hydrogens is 392 g/mol. The average Bonchev–Trinajstić information content (AvgIpc) is 3.13. The quantitative estimate of drug-likeness (QED) is 0.707. The summed E-state index contributed by atoms with van der Waals surface area (Å²) in [6, 6.07) is 11.2. The first kappa shape index (κ1) is 17.7. The van der Waals surface area contributed by atoms with Gasteiger partial charge in [0.05, 0.1) is 4.90 Å². The van der Waals surface area contributed by atoms with Crippen LogP contribution in [0.15, 0.2) is 56.8 Å². The van der Waals surface area contributed by atoms with E-state index in [4.69, 9.17) is 25.5 Å². The largest absolute Gasteiger partial charge is 0.486 e. The van der Waals surface area contributed by atoms with Gasteiger partial charge in [-0.05, 0) is 36.4 Å². The van der Waals surface area contributed by atoms with Crippen molar-refractivity contribution in [3.8, 4) is 23.0 Å². The van der Waals surface area contributed by atoms with Gasteiger partial charge in [0.15, 0.2) is 11.5 Å². The fourth-order valence-corrected chi connectivity index (χ4v) is 4.11. The van der Waals surface area contributed by atoms with Crippen molar-refractivity contribution in [1.29, 1.82) is 0 Å². The fourth-order valence-electron chi connectivity index (χ4n) is 2.66.